The maximum Gasteiger partial charge on any atom is 0.229 e. The van der Waals surface area contributed by atoms with Crippen molar-refractivity contribution in [2.45, 2.75) is 25.4 Å². The number of H-pyrrole nitrogens is 1. The van der Waals surface area contributed by atoms with Crippen molar-refractivity contribution in [2.24, 2.45) is 5.73 Å². The number of aromatic nitrogens is 6. The van der Waals surface area contributed by atoms with E-state index in [0.717, 1.165) is 59.6 Å². The number of halogens is 1. The second-order valence-corrected chi connectivity index (χ2v) is 9.38. The molecule has 1 aliphatic heterocycles. The summed E-state index contributed by atoms with van der Waals surface area (Å²) >= 11 is 7.74. The van der Waals surface area contributed by atoms with Gasteiger partial charge in [0.25, 0.3) is 0 Å². The number of anilines is 2. The van der Waals surface area contributed by atoms with E-state index in [-0.39, 0.29) is 6.04 Å². The summed E-state index contributed by atoms with van der Waals surface area (Å²) < 4.78 is 2.00. The molecule has 11 heteroatoms. The third-order valence-corrected chi connectivity index (χ3v) is 6.81. The number of piperidine rings is 1. The molecule has 6 rings (SSSR count). The van der Waals surface area contributed by atoms with Crippen LogP contribution < -0.4 is 16.0 Å². The van der Waals surface area contributed by atoms with Crippen LogP contribution in [0.1, 0.15) is 18.7 Å². The molecule has 1 aromatic carbocycles. The molecule has 4 N–H and O–H groups in total. The topological polar surface area (TPSA) is 114 Å². The highest BCUT2D eigenvalue weighted by molar-refractivity contribution is 7.08. The first kappa shape index (κ1) is 20.4. The molecule has 33 heavy (non-hydrogen) atoms. The normalized spacial score (nSPS) is 15.0. The van der Waals surface area contributed by atoms with Crippen molar-refractivity contribution in [1.82, 2.24) is 29.5 Å². The monoisotopic (exact) mass is 479 g/mol. The van der Waals surface area contributed by atoms with E-state index in [1.165, 1.54) is 0 Å². The smallest absolute Gasteiger partial charge is 0.229 e. The number of nitrogens with two attached hydrogens (primary N) is 1. The molecule has 9 nitrogen and oxygen atoms in total. The molecule has 0 radical (unpaired) electrons. The quantitative estimate of drug-likeness (QED) is 0.349. The molecule has 4 aromatic heterocycles. The number of hydrogen-bond acceptors (Lipinski definition) is 8. The van der Waals surface area contributed by atoms with Crippen LogP contribution in [0.2, 0.25) is 5.02 Å². The highest BCUT2D eigenvalue weighted by Crippen LogP contribution is 2.27. The fourth-order valence-electron chi connectivity index (χ4n) is 4.12. The SMILES string of the molecule is NC1CCN(c2nc(NCc3nc4cc(Cl)ccc4[nH]3)c3ncn(-c4ccsc4)c3n2)CC1. The lowest BCUT2D eigenvalue weighted by Crippen LogP contribution is -2.40. The van der Waals surface area contributed by atoms with Crippen molar-refractivity contribution in [3.63, 3.8) is 0 Å². The largest absolute Gasteiger partial charge is 0.361 e. The Morgan fingerprint density at radius 1 is 1.18 bits per heavy atom. The zero-order chi connectivity index (χ0) is 22.4. The molecule has 0 amide bonds. The van der Waals surface area contributed by atoms with Gasteiger partial charge in [0.05, 0.1) is 23.3 Å². The molecule has 0 unspecified atom stereocenters. The molecule has 5 aromatic rings. The van der Waals surface area contributed by atoms with Gasteiger partial charge in [0.2, 0.25) is 5.95 Å². The van der Waals surface area contributed by atoms with Crippen LogP contribution in [-0.2, 0) is 6.54 Å². The predicted molar refractivity (Wildman–Crippen MR) is 132 cm³/mol. The molecule has 5 heterocycles. The average Bonchev–Trinajstić information content (AvgIpc) is 3.56. The van der Waals surface area contributed by atoms with Crippen molar-refractivity contribution in [3.05, 3.63) is 52.2 Å². The van der Waals surface area contributed by atoms with Crippen molar-refractivity contribution >= 4 is 56.9 Å². The van der Waals surface area contributed by atoms with Crippen molar-refractivity contribution in [2.75, 3.05) is 23.3 Å². The lowest BCUT2D eigenvalue weighted by atomic mass is 10.1. The molecule has 1 fully saturated rings. The van der Waals surface area contributed by atoms with Crippen molar-refractivity contribution < 1.29 is 0 Å². The Hall–Kier alpha value is -3.21. The first-order valence-electron chi connectivity index (χ1n) is 10.8. The van der Waals surface area contributed by atoms with Gasteiger partial charge in [-0.25, -0.2) is 9.97 Å². The average molecular weight is 480 g/mol. The number of hydrogen-bond donors (Lipinski definition) is 3. The van der Waals surface area contributed by atoms with Gasteiger partial charge in [0.15, 0.2) is 17.0 Å². The fourth-order valence-corrected chi connectivity index (χ4v) is 4.91. The Morgan fingerprint density at radius 2 is 2.06 bits per heavy atom. The first-order valence-corrected chi connectivity index (χ1v) is 12.1. The summed E-state index contributed by atoms with van der Waals surface area (Å²) in [7, 11) is 0. The van der Waals surface area contributed by atoms with Gasteiger partial charge in [-0.3, -0.25) is 4.57 Å². The summed E-state index contributed by atoms with van der Waals surface area (Å²) in [4.78, 5) is 24.6. The highest BCUT2D eigenvalue weighted by Gasteiger charge is 2.22. The van der Waals surface area contributed by atoms with Crippen molar-refractivity contribution in [1.29, 1.82) is 0 Å². The Bertz CT molecular complexity index is 1420. The van der Waals surface area contributed by atoms with E-state index in [9.17, 15) is 0 Å². The third kappa shape index (κ3) is 3.90. The molecule has 0 spiro atoms. The van der Waals surface area contributed by atoms with Gasteiger partial charge >= 0.3 is 0 Å². The van der Waals surface area contributed by atoms with E-state index < -0.39 is 0 Å². The zero-order valence-corrected chi connectivity index (χ0v) is 19.3. The van der Waals surface area contributed by atoms with E-state index in [2.05, 4.69) is 36.6 Å². The van der Waals surface area contributed by atoms with Crippen LogP contribution in [0.15, 0.2) is 41.4 Å². The minimum Gasteiger partial charge on any atom is -0.361 e. The van der Waals surface area contributed by atoms with Crippen LogP contribution in [0, 0.1) is 0 Å². The minimum atomic E-state index is 0.237. The molecule has 0 bridgehead atoms. The second-order valence-electron chi connectivity index (χ2n) is 8.16. The maximum atomic E-state index is 6.11. The number of nitrogens with zero attached hydrogens (tertiary/aromatic N) is 6. The van der Waals surface area contributed by atoms with Gasteiger partial charge in [-0.1, -0.05) is 11.6 Å². The molecule has 0 saturated carbocycles. The Kier molecular flexibility index (Phi) is 5.12. The van der Waals surface area contributed by atoms with Crippen LogP contribution >= 0.6 is 22.9 Å². The third-order valence-electron chi connectivity index (χ3n) is 5.91. The molecule has 0 atom stereocenters. The van der Waals surface area contributed by atoms with Gasteiger partial charge in [-0.05, 0) is 42.5 Å². The lowest BCUT2D eigenvalue weighted by Gasteiger charge is -2.30. The number of imidazole rings is 2. The van der Waals surface area contributed by atoms with Crippen LogP contribution in [-0.4, -0.2) is 48.6 Å². The van der Waals surface area contributed by atoms with Gasteiger partial charge in [0.1, 0.15) is 12.2 Å². The molecular weight excluding hydrogens is 458 g/mol. The van der Waals surface area contributed by atoms with Gasteiger partial charge in [-0.2, -0.15) is 21.3 Å². The lowest BCUT2D eigenvalue weighted by molar-refractivity contribution is 0.496. The minimum absolute atomic E-state index is 0.237. The van der Waals surface area contributed by atoms with Crippen LogP contribution in [0.3, 0.4) is 0 Å². The molecule has 1 saturated heterocycles. The molecule has 1 aliphatic rings. The Morgan fingerprint density at radius 3 is 2.88 bits per heavy atom. The number of nitrogens with one attached hydrogen (secondary N) is 2. The summed E-state index contributed by atoms with van der Waals surface area (Å²) in [5.74, 6) is 2.16. The number of rotatable bonds is 5. The maximum absolute atomic E-state index is 6.11. The second kappa shape index (κ2) is 8.29. The Balaban J connectivity index is 1.37. The highest BCUT2D eigenvalue weighted by atomic mass is 35.5. The van der Waals surface area contributed by atoms with E-state index >= 15 is 0 Å². The molecule has 0 aliphatic carbocycles. The van der Waals surface area contributed by atoms with E-state index in [0.29, 0.717) is 23.3 Å². The number of aromatic amines is 1. The fraction of sp³-hybridized carbons (Fsp3) is 0.273. The summed E-state index contributed by atoms with van der Waals surface area (Å²) in [6, 6.07) is 7.92. The summed E-state index contributed by atoms with van der Waals surface area (Å²) in [6.45, 7) is 2.14. The Labute approximate surface area is 198 Å². The summed E-state index contributed by atoms with van der Waals surface area (Å²) in [5.41, 5.74) is 10.4. The summed E-state index contributed by atoms with van der Waals surface area (Å²) in [5, 5.41) is 8.21. The summed E-state index contributed by atoms with van der Waals surface area (Å²) in [6.07, 6.45) is 3.65. The zero-order valence-electron chi connectivity index (χ0n) is 17.7. The van der Waals surface area contributed by atoms with Gasteiger partial charge in [0, 0.05) is 29.5 Å². The number of benzene rings is 1. The van der Waals surface area contributed by atoms with Crippen LogP contribution in [0.4, 0.5) is 11.8 Å². The van der Waals surface area contributed by atoms with E-state index in [4.69, 9.17) is 27.3 Å². The van der Waals surface area contributed by atoms with E-state index in [1.54, 1.807) is 17.7 Å². The molecule has 168 valence electrons. The van der Waals surface area contributed by atoms with Gasteiger partial charge < -0.3 is 20.9 Å². The predicted octanol–water partition coefficient (Wildman–Crippen LogP) is 3.95. The molecular formula is C22H22ClN9S. The number of thiophene rings is 1. The first-order chi connectivity index (χ1) is 16.1. The number of fused-ring (bicyclic) bond motifs is 2. The van der Waals surface area contributed by atoms with Crippen molar-refractivity contribution in [3.8, 4) is 5.69 Å². The van der Waals surface area contributed by atoms with Crippen LogP contribution in [0.5, 0.6) is 0 Å². The van der Waals surface area contributed by atoms with Gasteiger partial charge in [-0.15, -0.1) is 0 Å². The standard InChI is InChI=1S/C22H22ClN9S/c23-13-1-2-16-17(9-13)28-18(27-16)10-25-20-19-21(32(12-26-19)15-5-8-33-11-15)30-22(29-20)31-6-3-14(24)4-7-31/h1-2,5,8-9,11-12,14H,3-4,6-7,10,24H2,(H,27,28)(H,25,29,30). The van der Waals surface area contributed by atoms with E-state index in [1.807, 2.05) is 28.1 Å². The van der Waals surface area contributed by atoms with Crippen LogP contribution in [0.25, 0.3) is 27.9 Å².